The van der Waals surface area contributed by atoms with Crippen molar-refractivity contribution in [2.45, 2.75) is 33.7 Å². The summed E-state index contributed by atoms with van der Waals surface area (Å²) < 4.78 is 0. The molecule has 3 heteroatoms. The summed E-state index contributed by atoms with van der Waals surface area (Å²) in [5.74, 6) is 5.57. The van der Waals surface area contributed by atoms with Crippen LogP contribution < -0.4 is 11.3 Å². The molecule has 0 radical (unpaired) electrons. The molecular formula is C11H19N3. The van der Waals surface area contributed by atoms with Gasteiger partial charge in [-0.25, -0.2) is 0 Å². The minimum absolute atomic E-state index is 0.0634. The van der Waals surface area contributed by atoms with Crippen LogP contribution in [0.15, 0.2) is 18.3 Å². The molecule has 0 aromatic carbocycles. The molecule has 1 heterocycles. The highest BCUT2D eigenvalue weighted by Crippen LogP contribution is 2.32. The van der Waals surface area contributed by atoms with Crippen LogP contribution in [-0.2, 0) is 0 Å². The fourth-order valence-electron chi connectivity index (χ4n) is 1.54. The summed E-state index contributed by atoms with van der Waals surface area (Å²) in [7, 11) is 0. The van der Waals surface area contributed by atoms with Crippen LogP contribution in [0, 0.1) is 12.3 Å². The maximum absolute atomic E-state index is 5.57. The Balaban J connectivity index is 3.08. The first-order valence-corrected chi connectivity index (χ1v) is 4.84. The Morgan fingerprint density at radius 3 is 2.50 bits per heavy atom. The predicted octanol–water partition coefficient (Wildman–Crippen LogP) is 1.94. The first-order valence-electron chi connectivity index (χ1n) is 4.84. The normalized spacial score (nSPS) is 14.1. The summed E-state index contributed by atoms with van der Waals surface area (Å²) in [4.78, 5) is 4.37. The van der Waals surface area contributed by atoms with Crippen molar-refractivity contribution in [3.8, 4) is 0 Å². The SMILES string of the molecule is Cc1cccnc1C(NN)C(C)(C)C. The van der Waals surface area contributed by atoms with Gasteiger partial charge in [-0.05, 0) is 24.0 Å². The molecule has 14 heavy (non-hydrogen) atoms. The van der Waals surface area contributed by atoms with Crippen LogP contribution in [0.5, 0.6) is 0 Å². The molecule has 0 aliphatic rings. The zero-order chi connectivity index (χ0) is 10.8. The van der Waals surface area contributed by atoms with Crippen molar-refractivity contribution < 1.29 is 0 Å². The molecule has 0 saturated heterocycles. The molecule has 0 amide bonds. The fraction of sp³-hybridized carbons (Fsp3) is 0.545. The van der Waals surface area contributed by atoms with Gasteiger partial charge < -0.3 is 0 Å². The van der Waals surface area contributed by atoms with Crippen molar-refractivity contribution in [1.29, 1.82) is 0 Å². The quantitative estimate of drug-likeness (QED) is 0.557. The largest absolute Gasteiger partial charge is 0.271 e. The van der Waals surface area contributed by atoms with Gasteiger partial charge in [0.15, 0.2) is 0 Å². The summed E-state index contributed by atoms with van der Waals surface area (Å²) in [5, 5.41) is 0. The number of nitrogens with two attached hydrogens (primary N) is 1. The van der Waals surface area contributed by atoms with Crippen LogP contribution in [-0.4, -0.2) is 4.98 Å². The lowest BCUT2D eigenvalue weighted by atomic mass is 9.84. The van der Waals surface area contributed by atoms with Crippen LogP contribution in [0.3, 0.4) is 0 Å². The van der Waals surface area contributed by atoms with E-state index in [0.717, 1.165) is 5.69 Å². The number of pyridine rings is 1. The van der Waals surface area contributed by atoms with Crippen LogP contribution in [0.1, 0.15) is 38.1 Å². The molecule has 0 aliphatic heterocycles. The average molecular weight is 193 g/mol. The van der Waals surface area contributed by atoms with Crippen LogP contribution >= 0.6 is 0 Å². The summed E-state index contributed by atoms with van der Waals surface area (Å²) in [6.07, 6.45) is 1.80. The number of hydrogen-bond acceptors (Lipinski definition) is 3. The molecule has 0 aliphatic carbocycles. The molecule has 78 valence electrons. The van der Waals surface area contributed by atoms with E-state index in [9.17, 15) is 0 Å². The van der Waals surface area contributed by atoms with Crippen LogP contribution in [0.2, 0.25) is 0 Å². The van der Waals surface area contributed by atoms with E-state index in [0.29, 0.717) is 0 Å². The van der Waals surface area contributed by atoms with Crippen molar-refractivity contribution in [2.75, 3.05) is 0 Å². The average Bonchev–Trinajstić information content (AvgIpc) is 2.07. The van der Waals surface area contributed by atoms with Gasteiger partial charge in [0.1, 0.15) is 0 Å². The second-order valence-electron chi connectivity index (χ2n) is 4.67. The summed E-state index contributed by atoms with van der Waals surface area (Å²) >= 11 is 0. The van der Waals surface area contributed by atoms with E-state index in [-0.39, 0.29) is 11.5 Å². The molecule has 0 bridgehead atoms. The van der Waals surface area contributed by atoms with Crippen molar-refractivity contribution >= 4 is 0 Å². The summed E-state index contributed by atoms with van der Waals surface area (Å²) in [5.41, 5.74) is 5.10. The zero-order valence-corrected chi connectivity index (χ0v) is 9.33. The third-order valence-corrected chi connectivity index (χ3v) is 2.36. The Morgan fingerprint density at radius 2 is 2.07 bits per heavy atom. The van der Waals surface area contributed by atoms with Crippen molar-refractivity contribution in [1.82, 2.24) is 10.4 Å². The molecule has 0 fully saturated rings. The Labute approximate surface area is 85.7 Å². The third-order valence-electron chi connectivity index (χ3n) is 2.36. The summed E-state index contributed by atoms with van der Waals surface area (Å²) in [6.45, 7) is 8.49. The highest BCUT2D eigenvalue weighted by Gasteiger charge is 2.27. The number of nitrogens with zero attached hydrogens (tertiary/aromatic N) is 1. The van der Waals surface area contributed by atoms with Gasteiger partial charge in [-0.1, -0.05) is 26.8 Å². The van der Waals surface area contributed by atoms with E-state index < -0.39 is 0 Å². The summed E-state index contributed by atoms with van der Waals surface area (Å²) in [6, 6.07) is 4.08. The van der Waals surface area contributed by atoms with E-state index in [4.69, 9.17) is 5.84 Å². The van der Waals surface area contributed by atoms with E-state index in [1.54, 1.807) is 6.20 Å². The zero-order valence-electron chi connectivity index (χ0n) is 9.33. The molecule has 0 saturated carbocycles. The van der Waals surface area contributed by atoms with Gasteiger partial charge in [0.2, 0.25) is 0 Å². The second-order valence-corrected chi connectivity index (χ2v) is 4.67. The molecular weight excluding hydrogens is 174 g/mol. The minimum Gasteiger partial charge on any atom is -0.271 e. The van der Waals surface area contributed by atoms with Gasteiger partial charge >= 0.3 is 0 Å². The number of nitrogens with one attached hydrogen (secondary N) is 1. The first kappa shape index (κ1) is 11.1. The fourth-order valence-corrected chi connectivity index (χ4v) is 1.54. The van der Waals surface area contributed by atoms with Gasteiger partial charge in [0, 0.05) is 6.20 Å². The van der Waals surface area contributed by atoms with E-state index in [2.05, 4.69) is 44.2 Å². The number of aryl methyl sites for hydroxylation is 1. The number of rotatable bonds is 2. The van der Waals surface area contributed by atoms with E-state index in [1.165, 1.54) is 5.56 Å². The molecule has 1 atom stereocenters. The standard InChI is InChI=1S/C11H19N3/c1-8-6-5-7-13-9(8)10(14-12)11(2,3)4/h5-7,10,14H,12H2,1-4H3. The molecule has 3 nitrogen and oxygen atoms in total. The van der Waals surface area contributed by atoms with Gasteiger partial charge in [0.25, 0.3) is 0 Å². The molecule has 1 aromatic rings. The lowest BCUT2D eigenvalue weighted by Crippen LogP contribution is -2.37. The Bertz CT molecular complexity index is 302. The van der Waals surface area contributed by atoms with Crippen LogP contribution in [0.4, 0.5) is 0 Å². The van der Waals surface area contributed by atoms with E-state index >= 15 is 0 Å². The van der Waals surface area contributed by atoms with Crippen molar-refractivity contribution in [2.24, 2.45) is 11.3 Å². The second kappa shape index (κ2) is 4.07. The minimum atomic E-state index is 0.0634. The Hall–Kier alpha value is -0.930. The molecule has 1 aromatic heterocycles. The number of aromatic nitrogens is 1. The predicted molar refractivity (Wildman–Crippen MR) is 58.5 cm³/mol. The van der Waals surface area contributed by atoms with Crippen LogP contribution in [0.25, 0.3) is 0 Å². The lowest BCUT2D eigenvalue weighted by molar-refractivity contribution is 0.269. The molecule has 1 rings (SSSR count). The number of hydrazine groups is 1. The topological polar surface area (TPSA) is 50.9 Å². The van der Waals surface area contributed by atoms with E-state index in [1.807, 2.05) is 6.07 Å². The number of hydrogen-bond donors (Lipinski definition) is 2. The highest BCUT2D eigenvalue weighted by atomic mass is 15.2. The van der Waals surface area contributed by atoms with Gasteiger partial charge in [-0.2, -0.15) is 0 Å². The van der Waals surface area contributed by atoms with Gasteiger partial charge in [-0.15, -0.1) is 0 Å². The highest BCUT2D eigenvalue weighted by molar-refractivity contribution is 5.22. The maximum atomic E-state index is 5.57. The monoisotopic (exact) mass is 193 g/mol. The lowest BCUT2D eigenvalue weighted by Gasteiger charge is -2.30. The van der Waals surface area contributed by atoms with Gasteiger partial charge in [0.05, 0.1) is 11.7 Å². The molecule has 0 spiro atoms. The van der Waals surface area contributed by atoms with Crippen molar-refractivity contribution in [3.05, 3.63) is 29.6 Å². The van der Waals surface area contributed by atoms with Gasteiger partial charge in [-0.3, -0.25) is 16.3 Å². The molecule has 1 unspecified atom stereocenters. The third kappa shape index (κ3) is 2.30. The molecule has 3 N–H and O–H groups in total. The Morgan fingerprint density at radius 1 is 1.43 bits per heavy atom. The maximum Gasteiger partial charge on any atom is 0.0683 e. The first-order chi connectivity index (χ1) is 6.46. The smallest absolute Gasteiger partial charge is 0.0683 e. The van der Waals surface area contributed by atoms with Crippen molar-refractivity contribution in [3.63, 3.8) is 0 Å². The Kier molecular flexibility index (Phi) is 3.24.